The van der Waals surface area contributed by atoms with E-state index >= 15 is 0 Å². The Morgan fingerprint density at radius 1 is 1.27 bits per heavy atom. The van der Waals surface area contributed by atoms with Crippen LogP contribution in [0, 0.1) is 11.3 Å². The molecule has 0 N–H and O–H groups in total. The molecule has 0 bridgehead atoms. The second kappa shape index (κ2) is 7.18. The molecule has 0 aliphatic heterocycles. The van der Waals surface area contributed by atoms with Crippen LogP contribution in [-0.4, -0.2) is 19.7 Å². The number of esters is 1. The highest BCUT2D eigenvalue weighted by atomic mass is 16.5. The number of benzene rings is 1. The molecule has 6 nitrogen and oxygen atoms in total. The van der Waals surface area contributed by atoms with E-state index < -0.39 is 5.97 Å². The molecule has 0 radical (unpaired) electrons. The minimum absolute atomic E-state index is 0.106. The summed E-state index contributed by atoms with van der Waals surface area (Å²) in [6.07, 6.45) is 1.40. The molecule has 0 aliphatic carbocycles. The molecule has 0 spiro atoms. The molecular weight excluding hydrogens is 286 g/mol. The molecule has 22 heavy (non-hydrogen) atoms. The maximum atomic E-state index is 11.5. The zero-order valence-electron chi connectivity index (χ0n) is 12.3. The fourth-order valence-electron chi connectivity index (χ4n) is 1.84. The number of hydrogen-bond donors (Lipinski definition) is 0. The Kier molecular flexibility index (Phi) is 5.04. The zero-order valence-corrected chi connectivity index (χ0v) is 12.3. The maximum Gasteiger partial charge on any atom is 0.374 e. The van der Waals surface area contributed by atoms with Gasteiger partial charge in [-0.2, -0.15) is 5.26 Å². The Hall–Kier alpha value is -2.94. The summed E-state index contributed by atoms with van der Waals surface area (Å²) in [5.41, 5.74) is 1.05. The van der Waals surface area contributed by atoms with Crippen LogP contribution in [0.25, 0.3) is 0 Å². The van der Waals surface area contributed by atoms with E-state index in [0.29, 0.717) is 29.2 Å². The molecule has 0 unspecified atom stereocenters. The number of carbonyl (C=O) groups excluding carboxylic acids is 1. The number of methoxy groups -OCH3 is 1. The van der Waals surface area contributed by atoms with E-state index in [2.05, 4.69) is 4.74 Å². The third-order valence-electron chi connectivity index (χ3n) is 2.87. The standard InChI is InChI=1S/C16H15NO5/c1-3-20-14-8-11(9-17)4-5-13(14)22-10-12-6-7-21-15(12)16(18)19-2/h4-8H,3,10H2,1-2H3. The lowest BCUT2D eigenvalue weighted by Gasteiger charge is -2.11. The number of rotatable bonds is 6. The predicted molar refractivity (Wildman–Crippen MR) is 76.7 cm³/mol. The topological polar surface area (TPSA) is 81.7 Å². The first-order chi connectivity index (χ1) is 10.7. The van der Waals surface area contributed by atoms with Crippen molar-refractivity contribution in [3.8, 4) is 17.6 Å². The SMILES string of the molecule is CCOc1cc(C#N)ccc1OCc1ccoc1C(=O)OC. The van der Waals surface area contributed by atoms with Crippen LogP contribution in [0.2, 0.25) is 0 Å². The normalized spacial score (nSPS) is 9.86. The van der Waals surface area contributed by atoms with E-state index in [-0.39, 0.29) is 12.4 Å². The van der Waals surface area contributed by atoms with Gasteiger partial charge in [0.2, 0.25) is 5.76 Å². The van der Waals surface area contributed by atoms with Crippen LogP contribution < -0.4 is 9.47 Å². The smallest absolute Gasteiger partial charge is 0.374 e. The molecule has 0 amide bonds. The summed E-state index contributed by atoms with van der Waals surface area (Å²) >= 11 is 0. The van der Waals surface area contributed by atoms with Gasteiger partial charge in [0.05, 0.1) is 31.6 Å². The quantitative estimate of drug-likeness (QED) is 0.763. The summed E-state index contributed by atoms with van der Waals surface area (Å²) in [6.45, 7) is 2.41. The Morgan fingerprint density at radius 3 is 2.77 bits per heavy atom. The molecule has 1 heterocycles. The number of ether oxygens (including phenoxy) is 3. The summed E-state index contributed by atoms with van der Waals surface area (Å²) in [6, 6.07) is 8.57. The second-order valence-electron chi connectivity index (χ2n) is 4.26. The van der Waals surface area contributed by atoms with Crippen LogP contribution in [0.4, 0.5) is 0 Å². The van der Waals surface area contributed by atoms with Gasteiger partial charge in [-0.3, -0.25) is 0 Å². The molecule has 2 aromatic rings. The number of nitrogens with zero attached hydrogens (tertiary/aromatic N) is 1. The highest BCUT2D eigenvalue weighted by Crippen LogP contribution is 2.29. The van der Waals surface area contributed by atoms with Crippen LogP contribution in [0.5, 0.6) is 11.5 Å². The van der Waals surface area contributed by atoms with Gasteiger partial charge in [-0.15, -0.1) is 0 Å². The number of nitriles is 1. The minimum atomic E-state index is -0.562. The van der Waals surface area contributed by atoms with Gasteiger partial charge in [0.15, 0.2) is 11.5 Å². The van der Waals surface area contributed by atoms with Crippen LogP contribution in [-0.2, 0) is 11.3 Å². The highest BCUT2D eigenvalue weighted by Gasteiger charge is 2.17. The second-order valence-corrected chi connectivity index (χ2v) is 4.26. The van der Waals surface area contributed by atoms with E-state index in [1.54, 1.807) is 24.3 Å². The van der Waals surface area contributed by atoms with Crippen molar-refractivity contribution in [1.82, 2.24) is 0 Å². The lowest BCUT2D eigenvalue weighted by molar-refractivity contribution is 0.0561. The highest BCUT2D eigenvalue weighted by molar-refractivity contribution is 5.87. The predicted octanol–water partition coefficient (Wildman–Crippen LogP) is 2.92. The molecule has 0 aliphatic rings. The number of carbonyl (C=O) groups is 1. The third-order valence-corrected chi connectivity index (χ3v) is 2.87. The van der Waals surface area contributed by atoms with E-state index in [0.717, 1.165) is 0 Å². The Balaban J connectivity index is 2.17. The molecule has 1 aromatic carbocycles. The lowest BCUT2D eigenvalue weighted by Crippen LogP contribution is -2.06. The van der Waals surface area contributed by atoms with Gasteiger partial charge in [-0.05, 0) is 25.1 Å². The van der Waals surface area contributed by atoms with Crippen molar-refractivity contribution in [1.29, 1.82) is 5.26 Å². The summed E-state index contributed by atoms with van der Waals surface area (Å²) in [4.78, 5) is 11.5. The molecule has 6 heteroatoms. The first-order valence-corrected chi connectivity index (χ1v) is 6.64. The van der Waals surface area contributed by atoms with E-state index in [4.69, 9.17) is 19.2 Å². The van der Waals surface area contributed by atoms with Gasteiger partial charge in [0.25, 0.3) is 0 Å². The molecular formula is C16H15NO5. The van der Waals surface area contributed by atoms with E-state index in [1.807, 2.05) is 13.0 Å². The van der Waals surface area contributed by atoms with Crippen LogP contribution in [0.3, 0.4) is 0 Å². The van der Waals surface area contributed by atoms with Gasteiger partial charge in [-0.25, -0.2) is 4.79 Å². The van der Waals surface area contributed by atoms with Crippen LogP contribution in [0.1, 0.15) is 28.6 Å². The Bertz CT molecular complexity index is 699. The van der Waals surface area contributed by atoms with Crippen molar-refractivity contribution in [2.75, 3.05) is 13.7 Å². The molecule has 0 fully saturated rings. The van der Waals surface area contributed by atoms with Crippen LogP contribution in [0.15, 0.2) is 34.9 Å². The molecule has 0 saturated heterocycles. The zero-order chi connectivity index (χ0) is 15.9. The monoisotopic (exact) mass is 301 g/mol. The Morgan fingerprint density at radius 2 is 2.09 bits per heavy atom. The van der Waals surface area contributed by atoms with Crippen molar-refractivity contribution < 1.29 is 23.4 Å². The van der Waals surface area contributed by atoms with Gasteiger partial charge >= 0.3 is 5.97 Å². The number of hydrogen-bond acceptors (Lipinski definition) is 6. The van der Waals surface area contributed by atoms with Crippen molar-refractivity contribution in [2.45, 2.75) is 13.5 Å². The number of furan rings is 1. The lowest BCUT2D eigenvalue weighted by atomic mass is 10.2. The minimum Gasteiger partial charge on any atom is -0.490 e. The fourth-order valence-corrected chi connectivity index (χ4v) is 1.84. The van der Waals surface area contributed by atoms with E-state index in [1.165, 1.54) is 13.4 Å². The molecule has 0 atom stereocenters. The summed E-state index contributed by atoms with van der Waals surface area (Å²) in [5, 5.41) is 8.92. The van der Waals surface area contributed by atoms with Crippen LogP contribution >= 0.6 is 0 Å². The third kappa shape index (κ3) is 3.38. The largest absolute Gasteiger partial charge is 0.490 e. The van der Waals surface area contributed by atoms with Crippen molar-refractivity contribution in [2.24, 2.45) is 0 Å². The Labute approximate surface area is 127 Å². The summed E-state index contributed by atoms with van der Waals surface area (Å²) < 4.78 is 20.8. The maximum absolute atomic E-state index is 11.5. The van der Waals surface area contributed by atoms with Gasteiger partial charge in [-0.1, -0.05) is 0 Å². The van der Waals surface area contributed by atoms with Gasteiger partial charge in [0, 0.05) is 11.6 Å². The first-order valence-electron chi connectivity index (χ1n) is 6.64. The fraction of sp³-hybridized carbons (Fsp3) is 0.250. The van der Waals surface area contributed by atoms with Crippen molar-refractivity contribution in [3.05, 3.63) is 47.4 Å². The van der Waals surface area contributed by atoms with Gasteiger partial charge < -0.3 is 18.6 Å². The summed E-state index contributed by atoms with van der Waals surface area (Å²) in [5.74, 6) is 0.505. The molecule has 2 rings (SSSR count). The summed E-state index contributed by atoms with van der Waals surface area (Å²) in [7, 11) is 1.28. The van der Waals surface area contributed by atoms with Gasteiger partial charge in [0.1, 0.15) is 6.61 Å². The molecule has 1 aromatic heterocycles. The first kappa shape index (κ1) is 15.4. The average Bonchev–Trinajstić information content (AvgIpc) is 3.01. The molecule has 0 saturated carbocycles. The molecule has 114 valence electrons. The van der Waals surface area contributed by atoms with Crippen molar-refractivity contribution >= 4 is 5.97 Å². The van der Waals surface area contributed by atoms with Crippen molar-refractivity contribution in [3.63, 3.8) is 0 Å². The van der Waals surface area contributed by atoms with E-state index in [9.17, 15) is 4.79 Å². The average molecular weight is 301 g/mol.